The van der Waals surface area contributed by atoms with Crippen molar-refractivity contribution in [3.63, 3.8) is 0 Å². The van der Waals surface area contributed by atoms with Gasteiger partial charge in [0.15, 0.2) is 0 Å². The Morgan fingerprint density at radius 3 is 2.31 bits per heavy atom. The van der Waals surface area contributed by atoms with E-state index >= 15 is 0 Å². The van der Waals surface area contributed by atoms with Gasteiger partial charge in [0.25, 0.3) is 0 Å². The summed E-state index contributed by atoms with van der Waals surface area (Å²) in [5.41, 5.74) is 0. The highest BCUT2D eigenvalue weighted by atomic mass is 16.5. The highest BCUT2D eigenvalue weighted by Gasteiger charge is 2.04. The second kappa shape index (κ2) is 4.71. The van der Waals surface area contributed by atoms with Crippen LogP contribution in [0.5, 0.6) is 11.5 Å². The minimum atomic E-state index is 0.510. The van der Waals surface area contributed by atoms with Gasteiger partial charge in [0.2, 0.25) is 0 Å². The van der Waals surface area contributed by atoms with Crippen LogP contribution in [0.1, 0.15) is 0 Å². The first kappa shape index (κ1) is 10.6. The Labute approximate surface area is 95.1 Å². The number of benzene rings is 2. The minimum Gasteiger partial charge on any atom is -0.496 e. The molecule has 0 amide bonds. The van der Waals surface area contributed by atoms with Gasteiger partial charge in [-0.15, -0.1) is 0 Å². The molecule has 0 atom stereocenters. The fraction of sp³-hybridized carbons (Fsp3) is 0.143. The van der Waals surface area contributed by atoms with Crippen LogP contribution in [0.25, 0.3) is 10.8 Å². The number of ether oxygens (including phenoxy) is 2. The normalized spacial score (nSPS) is 10.1. The smallest absolute Gasteiger partial charge is 0.127 e. The summed E-state index contributed by atoms with van der Waals surface area (Å²) in [4.78, 5) is 0. The lowest BCUT2D eigenvalue weighted by atomic mass is 10.1. The zero-order valence-electron chi connectivity index (χ0n) is 9.27. The Morgan fingerprint density at radius 2 is 1.69 bits per heavy atom. The molecule has 0 aliphatic heterocycles. The van der Waals surface area contributed by atoms with E-state index in [9.17, 15) is 0 Å². The number of fused-ring (bicyclic) bond motifs is 1. The number of hydrogen-bond donors (Lipinski definition) is 0. The highest BCUT2D eigenvalue weighted by Crippen LogP contribution is 2.31. The summed E-state index contributed by atoms with van der Waals surface area (Å²) in [5.74, 6) is 1.72. The van der Waals surface area contributed by atoms with E-state index in [2.05, 4.69) is 6.58 Å². The van der Waals surface area contributed by atoms with E-state index in [0.717, 1.165) is 22.3 Å². The van der Waals surface area contributed by atoms with Gasteiger partial charge >= 0.3 is 0 Å². The molecule has 0 saturated carbocycles. The van der Waals surface area contributed by atoms with Crippen molar-refractivity contribution in [1.29, 1.82) is 0 Å². The Balaban J connectivity index is 2.54. The Hall–Kier alpha value is -1.96. The summed E-state index contributed by atoms with van der Waals surface area (Å²) in [7, 11) is 1.67. The molecule has 2 aromatic carbocycles. The second-order valence-corrected chi connectivity index (χ2v) is 3.41. The van der Waals surface area contributed by atoms with Gasteiger partial charge in [-0.2, -0.15) is 0 Å². The molecule has 2 rings (SSSR count). The summed E-state index contributed by atoms with van der Waals surface area (Å²) in [5, 5.41) is 2.12. The first-order valence-electron chi connectivity index (χ1n) is 5.16. The van der Waals surface area contributed by atoms with Gasteiger partial charge < -0.3 is 9.47 Å². The molecule has 82 valence electrons. The molecular weight excluding hydrogens is 200 g/mol. The van der Waals surface area contributed by atoms with Gasteiger partial charge in [-0.1, -0.05) is 36.9 Å². The van der Waals surface area contributed by atoms with E-state index < -0.39 is 0 Å². The van der Waals surface area contributed by atoms with Crippen LogP contribution in [0.4, 0.5) is 0 Å². The van der Waals surface area contributed by atoms with E-state index in [1.54, 1.807) is 13.2 Å². The zero-order chi connectivity index (χ0) is 11.4. The third-order valence-corrected chi connectivity index (χ3v) is 2.42. The van der Waals surface area contributed by atoms with Gasteiger partial charge in [0.05, 0.1) is 7.11 Å². The average Bonchev–Trinajstić information content (AvgIpc) is 2.35. The fourth-order valence-electron chi connectivity index (χ4n) is 1.70. The SMILES string of the molecule is C=CCOc1cccc2c(OC)cccc12. The molecule has 0 saturated heterocycles. The van der Waals surface area contributed by atoms with Gasteiger partial charge in [0, 0.05) is 10.8 Å². The highest BCUT2D eigenvalue weighted by molar-refractivity contribution is 5.93. The van der Waals surface area contributed by atoms with Gasteiger partial charge in [-0.25, -0.2) is 0 Å². The van der Waals surface area contributed by atoms with Crippen LogP contribution in [0.3, 0.4) is 0 Å². The second-order valence-electron chi connectivity index (χ2n) is 3.41. The summed E-state index contributed by atoms with van der Waals surface area (Å²) in [6.07, 6.45) is 1.74. The first-order chi connectivity index (χ1) is 7.86. The summed E-state index contributed by atoms with van der Waals surface area (Å²) in [6, 6.07) is 11.9. The summed E-state index contributed by atoms with van der Waals surface area (Å²) < 4.78 is 10.9. The maximum atomic E-state index is 5.59. The third-order valence-electron chi connectivity index (χ3n) is 2.42. The molecule has 0 heterocycles. The summed E-state index contributed by atoms with van der Waals surface area (Å²) >= 11 is 0. The lowest BCUT2D eigenvalue weighted by Gasteiger charge is -2.09. The summed E-state index contributed by atoms with van der Waals surface area (Å²) in [6.45, 7) is 4.15. The Morgan fingerprint density at radius 1 is 1.06 bits per heavy atom. The zero-order valence-corrected chi connectivity index (χ0v) is 9.27. The molecule has 0 fully saturated rings. The maximum absolute atomic E-state index is 5.59. The molecule has 0 N–H and O–H groups in total. The van der Waals surface area contributed by atoms with E-state index in [4.69, 9.17) is 9.47 Å². The van der Waals surface area contributed by atoms with Gasteiger partial charge in [-0.05, 0) is 12.1 Å². The third kappa shape index (κ3) is 1.87. The predicted molar refractivity (Wildman–Crippen MR) is 66.2 cm³/mol. The number of rotatable bonds is 4. The molecule has 0 aliphatic carbocycles. The topological polar surface area (TPSA) is 18.5 Å². The number of hydrogen-bond acceptors (Lipinski definition) is 2. The van der Waals surface area contributed by atoms with Crippen LogP contribution in [0.2, 0.25) is 0 Å². The van der Waals surface area contributed by atoms with Crippen LogP contribution in [-0.4, -0.2) is 13.7 Å². The molecule has 16 heavy (non-hydrogen) atoms. The van der Waals surface area contributed by atoms with E-state index in [0.29, 0.717) is 6.61 Å². The quantitative estimate of drug-likeness (QED) is 0.726. The standard InChI is InChI=1S/C14H14O2/c1-3-10-16-14-9-5-6-11-12(14)7-4-8-13(11)15-2/h3-9H,1,10H2,2H3. The molecule has 2 nitrogen and oxygen atoms in total. The molecule has 0 radical (unpaired) electrons. The van der Waals surface area contributed by atoms with Crippen molar-refractivity contribution in [3.8, 4) is 11.5 Å². The Bertz CT molecular complexity index is 503. The maximum Gasteiger partial charge on any atom is 0.127 e. The van der Waals surface area contributed by atoms with Gasteiger partial charge in [-0.3, -0.25) is 0 Å². The number of methoxy groups -OCH3 is 1. The van der Waals surface area contributed by atoms with Crippen molar-refractivity contribution in [3.05, 3.63) is 49.1 Å². The van der Waals surface area contributed by atoms with Crippen LogP contribution >= 0.6 is 0 Å². The van der Waals surface area contributed by atoms with Crippen molar-refractivity contribution >= 4 is 10.8 Å². The fourth-order valence-corrected chi connectivity index (χ4v) is 1.70. The molecule has 0 aromatic heterocycles. The lowest BCUT2D eigenvalue weighted by molar-refractivity contribution is 0.367. The molecule has 0 spiro atoms. The molecule has 0 aliphatic rings. The van der Waals surface area contributed by atoms with E-state index in [1.165, 1.54) is 0 Å². The molecule has 0 bridgehead atoms. The van der Waals surface area contributed by atoms with Crippen molar-refractivity contribution in [1.82, 2.24) is 0 Å². The average molecular weight is 214 g/mol. The molecular formula is C14H14O2. The molecule has 2 heteroatoms. The monoisotopic (exact) mass is 214 g/mol. The van der Waals surface area contributed by atoms with Crippen molar-refractivity contribution < 1.29 is 9.47 Å². The lowest BCUT2D eigenvalue weighted by Crippen LogP contribution is -1.94. The van der Waals surface area contributed by atoms with Crippen molar-refractivity contribution in [2.45, 2.75) is 0 Å². The van der Waals surface area contributed by atoms with Crippen LogP contribution in [-0.2, 0) is 0 Å². The van der Waals surface area contributed by atoms with Crippen molar-refractivity contribution in [2.75, 3.05) is 13.7 Å². The van der Waals surface area contributed by atoms with E-state index in [1.807, 2.05) is 36.4 Å². The van der Waals surface area contributed by atoms with Crippen LogP contribution < -0.4 is 9.47 Å². The molecule has 0 unspecified atom stereocenters. The van der Waals surface area contributed by atoms with Crippen LogP contribution in [0, 0.1) is 0 Å². The van der Waals surface area contributed by atoms with Crippen molar-refractivity contribution in [2.24, 2.45) is 0 Å². The molecule has 2 aromatic rings. The largest absolute Gasteiger partial charge is 0.496 e. The van der Waals surface area contributed by atoms with E-state index in [-0.39, 0.29) is 0 Å². The first-order valence-corrected chi connectivity index (χ1v) is 5.16. The van der Waals surface area contributed by atoms with Gasteiger partial charge in [0.1, 0.15) is 18.1 Å². The minimum absolute atomic E-state index is 0.510. The predicted octanol–water partition coefficient (Wildman–Crippen LogP) is 3.41. The Kier molecular flexibility index (Phi) is 3.10. The van der Waals surface area contributed by atoms with Crippen LogP contribution in [0.15, 0.2) is 49.1 Å².